The predicted molar refractivity (Wildman–Crippen MR) is 131 cm³/mol. The van der Waals surface area contributed by atoms with Crippen molar-refractivity contribution in [2.75, 3.05) is 0 Å². The number of carbonyl (C=O) groups excluding carboxylic acids is 5. The van der Waals surface area contributed by atoms with Crippen molar-refractivity contribution in [1.82, 2.24) is 5.32 Å². The van der Waals surface area contributed by atoms with E-state index in [0.717, 1.165) is 0 Å². The monoisotopic (exact) mass is 506 g/mol. The summed E-state index contributed by atoms with van der Waals surface area (Å²) in [6.45, 7) is 6.66. The number of primary amides is 1. The lowest BCUT2D eigenvalue weighted by molar-refractivity contribution is -0.152. The number of phenols is 1. The number of nitrogens with two attached hydrogens (primary N) is 1. The number of phenolic OH excluding ortho intramolecular Hbond substituents is 1. The number of rotatable bonds is 4. The first kappa shape index (κ1) is 25.1. The van der Waals surface area contributed by atoms with Crippen molar-refractivity contribution in [3.63, 3.8) is 0 Å². The van der Waals surface area contributed by atoms with Crippen LogP contribution in [0, 0.1) is 29.6 Å². The van der Waals surface area contributed by atoms with Crippen molar-refractivity contribution in [2.24, 2.45) is 35.3 Å². The number of nitrogens with one attached hydrogen (secondary N) is 1. The molecular formula is C28H30N2O7. The first-order valence-electron chi connectivity index (χ1n) is 12.5. The van der Waals surface area contributed by atoms with E-state index in [1.54, 1.807) is 6.07 Å². The molecule has 2 aromatic rings. The Morgan fingerprint density at radius 3 is 2.41 bits per heavy atom. The summed E-state index contributed by atoms with van der Waals surface area (Å²) in [4.78, 5) is 64.3. The third-order valence-electron chi connectivity index (χ3n) is 7.83. The van der Waals surface area contributed by atoms with Crippen molar-refractivity contribution in [3.05, 3.63) is 41.2 Å². The van der Waals surface area contributed by atoms with Crippen LogP contribution in [0.4, 0.5) is 0 Å². The van der Waals surface area contributed by atoms with Gasteiger partial charge >= 0.3 is 0 Å². The summed E-state index contributed by atoms with van der Waals surface area (Å²) >= 11 is 0. The first-order chi connectivity index (χ1) is 17.4. The molecule has 0 spiro atoms. The zero-order valence-electron chi connectivity index (χ0n) is 21.0. The highest BCUT2D eigenvalue weighted by molar-refractivity contribution is 6.27. The van der Waals surface area contributed by atoms with Crippen molar-refractivity contribution in [1.29, 1.82) is 0 Å². The average molecular weight is 507 g/mol. The number of aromatic hydroxyl groups is 1. The smallest absolute Gasteiger partial charge is 0.235 e. The number of Topliss-reactive ketones (excluding diaryl/α,β-unsaturated/α-hetero) is 4. The predicted octanol–water partition coefficient (Wildman–Crippen LogP) is 2.36. The second kappa shape index (κ2) is 8.76. The van der Waals surface area contributed by atoms with Crippen molar-refractivity contribution >= 4 is 29.0 Å². The molecule has 1 aromatic carbocycles. The average Bonchev–Trinajstić information content (AvgIpc) is 3.25. The number of furan rings is 1. The Bertz CT molecular complexity index is 1350. The summed E-state index contributed by atoms with van der Waals surface area (Å²) in [5.74, 6) is -7.54. The van der Waals surface area contributed by atoms with Gasteiger partial charge in [0.15, 0.2) is 29.1 Å². The van der Waals surface area contributed by atoms with Gasteiger partial charge < -0.3 is 20.6 Å². The van der Waals surface area contributed by atoms with Gasteiger partial charge in [-0.2, -0.15) is 0 Å². The molecular weight excluding hydrogens is 476 g/mol. The fourth-order valence-electron chi connectivity index (χ4n) is 6.19. The molecule has 3 aliphatic rings. The Morgan fingerprint density at radius 1 is 1.03 bits per heavy atom. The van der Waals surface area contributed by atoms with Gasteiger partial charge in [0.25, 0.3) is 0 Å². The molecule has 194 valence electrons. The standard InChI is InChI=1S/C28H30N2O7/c1-28(2,3)30-11-14-4-7-19(37-14)15-5-6-17(31)22-16(15)9-12-8-13-10-18(32)23(27(29)36)26(35)21(13)24(33)20(12)25(22)34/h4-7,12-13,20-21,23,30-31H,8-11H2,1-3H3,(H2,29,36). The largest absolute Gasteiger partial charge is 0.507 e. The van der Waals surface area contributed by atoms with Crippen LogP contribution in [0.1, 0.15) is 55.3 Å². The molecule has 5 rings (SSSR count). The fourth-order valence-corrected chi connectivity index (χ4v) is 6.19. The lowest BCUT2D eigenvalue weighted by atomic mass is 9.56. The number of carbonyl (C=O) groups is 5. The van der Waals surface area contributed by atoms with E-state index in [1.165, 1.54) is 6.07 Å². The molecule has 5 atom stereocenters. The molecule has 0 saturated heterocycles. The zero-order valence-corrected chi connectivity index (χ0v) is 21.0. The number of fused-ring (bicyclic) bond motifs is 3. The van der Waals surface area contributed by atoms with Crippen molar-refractivity contribution < 1.29 is 33.5 Å². The maximum atomic E-state index is 13.7. The Labute approximate surface area is 213 Å². The van der Waals surface area contributed by atoms with Gasteiger partial charge in [0, 0.05) is 17.5 Å². The number of amides is 1. The second-order valence-corrected chi connectivity index (χ2v) is 11.4. The number of hydrogen-bond acceptors (Lipinski definition) is 8. The van der Waals surface area contributed by atoms with E-state index < -0.39 is 58.6 Å². The lowest BCUT2D eigenvalue weighted by Gasteiger charge is -2.44. The van der Waals surface area contributed by atoms with Crippen LogP contribution in [-0.2, 0) is 32.1 Å². The van der Waals surface area contributed by atoms with Crippen molar-refractivity contribution in [2.45, 2.75) is 52.1 Å². The van der Waals surface area contributed by atoms with E-state index in [4.69, 9.17) is 10.2 Å². The van der Waals surface area contributed by atoms with E-state index in [0.29, 0.717) is 42.0 Å². The van der Waals surface area contributed by atoms with Crippen LogP contribution < -0.4 is 11.1 Å². The van der Waals surface area contributed by atoms with Gasteiger partial charge in [0.1, 0.15) is 17.3 Å². The SMILES string of the molecule is CC(C)(C)NCc1ccc(-c2ccc(O)c3c2CC2CC4CC(=O)C(C(N)=O)C(=O)C4C(=O)C2C3=O)o1. The summed E-state index contributed by atoms with van der Waals surface area (Å²) in [7, 11) is 0. The molecule has 5 unspecified atom stereocenters. The molecule has 0 radical (unpaired) electrons. The summed E-state index contributed by atoms with van der Waals surface area (Å²) in [5.41, 5.74) is 6.47. The molecule has 1 amide bonds. The van der Waals surface area contributed by atoms with Gasteiger partial charge in [-0.25, -0.2) is 0 Å². The van der Waals surface area contributed by atoms with Crippen molar-refractivity contribution in [3.8, 4) is 17.1 Å². The van der Waals surface area contributed by atoms with Crippen LogP contribution in [0.3, 0.4) is 0 Å². The third kappa shape index (κ3) is 4.21. The van der Waals surface area contributed by atoms with Gasteiger partial charge in [-0.3, -0.25) is 24.0 Å². The van der Waals surface area contributed by atoms with E-state index in [1.807, 2.05) is 32.9 Å². The topological polar surface area (TPSA) is 157 Å². The molecule has 1 aromatic heterocycles. The quantitative estimate of drug-likeness (QED) is 0.534. The maximum absolute atomic E-state index is 13.7. The van der Waals surface area contributed by atoms with Gasteiger partial charge in [-0.15, -0.1) is 0 Å². The highest BCUT2D eigenvalue weighted by atomic mass is 16.3. The number of hydrogen-bond donors (Lipinski definition) is 3. The van der Waals surface area contributed by atoms with E-state index in [2.05, 4.69) is 5.32 Å². The van der Waals surface area contributed by atoms with Crippen LogP contribution >= 0.6 is 0 Å². The summed E-state index contributed by atoms with van der Waals surface area (Å²) in [6, 6.07) is 6.77. The Hall–Kier alpha value is -3.59. The number of ketones is 4. The number of benzene rings is 1. The zero-order chi connectivity index (χ0) is 26.8. The third-order valence-corrected chi connectivity index (χ3v) is 7.83. The minimum atomic E-state index is -1.64. The van der Waals surface area contributed by atoms with Gasteiger partial charge in [-0.05, 0) is 75.3 Å². The molecule has 9 heteroatoms. The van der Waals surface area contributed by atoms with Gasteiger partial charge in [0.2, 0.25) is 5.91 Å². The first-order valence-corrected chi connectivity index (χ1v) is 12.5. The fraction of sp³-hybridized carbons (Fsp3) is 0.464. The van der Waals surface area contributed by atoms with Gasteiger partial charge in [-0.1, -0.05) is 0 Å². The molecule has 37 heavy (non-hydrogen) atoms. The Balaban J connectivity index is 1.50. The van der Waals surface area contributed by atoms with E-state index in [9.17, 15) is 29.1 Å². The second-order valence-electron chi connectivity index (χ2n) is 11.4. The highest BCUT2D eigenvalue weighted by Gasteiger charge is 2.57. The van der Waals surface area contributed by atoms with Crippen LogP contribution in [0.25, 0.3) is 11.3 Å². The molecule has 1 heterocycles. The highest BCUT2D eigenvalue weighted by Crippen LogP contribution is 2.49. The van der Waals surface area contributed by atoms with E-state index >= 15 is 0 Å². The minimum Gasteiger partial charge on any atom is -0.507 e. The van der Waals surface area contributed by atoms with Gasteiger partial charge in [0.05, 0.1) is 23.9 Å². The Morgan fingerprint density at radius 2 is 1.73 bits per heavy atom. The molecule has 2 saturated carbocycles. The molecule has 9 nitrogen and oxygen atoms in total. The summed E-state index contributed by atoms with van der Waals surface area (Å²) in [6.07, 6.45) is 0.515. The van der Waals surface area contributed by atoms with Crippen LogP contribution in [-0.4, -0.2) is 39.7 Å². The molecule has 3 aliphatic carbocycles. The molecule has 2 fully saturated rings. The maximum Gasteiger partial charge on any atom is 0.235 e. The molecule has 0 aliphatic heterocycles. The van der Waals surface area contributed by atoms with Crippen LogP contribution in [0.5, 0.6) is 5.75 Å². The molecule has 0 bridgehead atoms. The van der Waals surface area contributed by atoms with Crippen LogP contribution in [0.15, 0.2) is 28.7 Å². The lowest BCUT2D eigenvalue weighted by Crippen LogP contribution is -2.56. The van der Waals surface area contributed by atoms with E-state index in [-0.39, 0.29) is 23.3 Å². The summed E-state index contributed by atoms with van der Waals surface area (Å²) in [5, 5.41) is 14.0. The summed E-state index contributed by atoms with van der Waals surface area (Å²) < 4.78 is 6.06. The minimum absolute atomic E-state index is 0.0575. The normalized spacial score (nSPS) is 27.5. The van der Waals surface area contributed by atoms with Crippen LogP contribution in [0.2, 0.25) is 0 Å². The molecule has 4 N–H and O–H groups in total. The Kier molecular flexibility index (Phi) is 5.94.